The number of rotatable bonds is 4. The molecule has 0 aliphatic heterocycles. The summed E-state index contributed by atoms with van der Waals surface area (Å²) in [5, 5.41) is 13.1. The number of hydrogen-bond acceptors (Lipinski definition) is 5. The minimum atomic E-state index is 0.415. The molecule has 3 rings (SSSR count). The molecule has 7 heteroatoms. The van der Waals surface area contributed by atoms with Crippen molar-refractivity contribution in [2.75, 3.05) is 11.3 Å². The van der Waals surface area contributed by atoms with Gasteiger partial charge in [0.15, 0.2) is 5.82 Å². The fraction of sp³-hybridized carbons (Fsp3) is 0.154. The number of benzene rings is 1. The highest BCUT2D eigenvalue weighted by atomic mass is 15.5. The molecule has 0 radical (unpaired) electrons. The van der Waals surface area contributed by atoms with Crippen LogP contribution in [0.2, 0.25) is 0 Å². The minimum Gasteiger partial charge on any atom is -0.361 e. The van der Waals surface area contributed by atoms with E-state index in [4.69, 9.17) is 5.84 Å². The number of H-pyrrole nitrogens is 1. The normalized spacial score (nSPS) is 11.4. The van der Waals surface area contributed by atoms with Gasteiger partial charge in [0.1, 0.15) is 0 Å². The van der Waals surface area contributed by atoms with Gasteiger partial charge in [0.05, 0.1) is 6.21 Å². The highest BCUT2D eigenvalue weighted by Gasteiger charge is 2.06. The molecular weight excluding hydrogens is 254 g/mol. The maximum atomic E-state index is 5.81. The lowest BCUT2D eigenvalue weighted by Gasteiger charge is -2.00. The summed E-state index contributed by atoms with van der Waals surface area (Å²) < 4.78 is 1.40. The van der Waals surface area contributed by atoms with Crippen LogP contribution in [0.5, 0.6) is 0 Å². The predicted octanol–water partition coefficient (Wildman–Crippen LogP) is 1.48. The third kappa shape index (κ3) is 2.09. The second kappa shape index (κ2) is 5.04. The van der Waals surface area contributed by atoms with Crippen molar-refractivity contribution < 1.29 is 0 Å². The van der Waals surface area contributed by atoms with Crippen molar-refractivity contribution in [3.8, 4) is 0 Å². The molecule has 0 saturated heterocycles. The van der Waals surface area contributed by atoms with E-state index in [1.807, 2.05) is 37.4 Å². The van der Waals surface area contributed by atoms with Crippen molar-refractivity contribution in [2.24, 2.45) is 5.10 Å². The molecule has 102 valence electrons. The van der Waals surface area contributed by atoms with Crippen LogP contribution >= 0.6 is 0 Å². The van der Waals surface area contributed by atoms with E-state index in [1.165, 1.54) is 4.68 Å². The number of nitrogens with one attached hydrogen (secondary N) is 2. The number of anilines is 1. The van der Waals surface area contributed by atoms with Crippen LogP contribution in [0.4, 0.5) is 5.95 Å². The Morgan fingerprint density at radius 2 is 2.25 bits per heavy atom. The number of fused-ring (bicyclic) bond motifs is 1. The molecule has 0 atom stereocenters. The van der Waals surface area contributed by atoms with Crippen LogP contribution < -0.4 is 11.3 Å². The Balaban J connectivity index is 1.79. The van der Waals surface area contributed by atoms with Crippen molar-refractivity contribution in [3.05, 3.63) is 41.9 Å². The Kier molecular flexibility index (Phi) is 3.08. The van der Waals surface area contributed by atoms with Gasteiger partial charge < -0.3 is 10.8 Å². The van der Waals surface area contributed by atoms with E-state index >= 15 is 0 Å². The van der Waals surface area contributed by atoms with E-state index < -0.39 is 0 Å². The summed E-state index contributed by atoms with van der Waals surface area (Å²) in [6, 6.07) is 8.03. The summed E-state index contributed by atoms with van der Waals surface area (Å²) in [5.74, 6) is 6.93. The summed E-state index contributed by atoms with van der Waals surface area (Å²) in [7, 11) is 0. The van der Waals surface area contributed by atoms with Gasteiger partial charge in [-0.2, -0.15) is 5.10 Å². The van der Waals surface area contributed by atoms with Gasteiger partial charge in [-0.3, -0.25) is 0 Å². The molecule has 0 aliphatic carbocycles. The summed E-state index contributed by atoms with van der Waals surface area (Å²) in [5.41, 5.74) is 4.86. The van der Waals surface area contributed by atoms with E-state index in [9.17, 15) is 0 Å². The first-order valence-corrected chi connectivity index (χ1v) is 6.34. The van der Waals surface area contributed by atoms with Gasteiger partial charge in [-0.1, -0.05) is 25.1 Å². The smallest absolute Gasteiger partial charge is 0.263 e. The van der Waals surface area contributed by atoms with Crippen LogP contribution in [-0.4, -0.2) is 26.1 Å². The quantitative estimate of drug-likeness (QED) is 0.379. The zero-order valence-electron chi connectivity index (χ0n) is 11.0. The molecule has 0 saturated carbocycles. The average Bonchev–Trinajstić information content (AvgIpc) is 3.04. The lowest BCUT2D eigenvalue weighted by atomic mass is 10.2. The van der Waals surface area contributed by atoms with Gasteiger partial charge in [0, 0.05) is 29.1 Å². The molecule has 0 amide bonds. The topological polar surface area (TPSA) is 96.9 Å². The Labute approximate surface area is 115 Å². The van der Waals surface area contributed by atoms with Crippen molar-refractivity contribution in [1.29, 1.82) is 0 Å². The van der Waals surface area contributed by atoms with Crippen molar-refractivity contribution >= 4 is 23.1 Å². The molecule has 0 spiro atoms. The molecule has 2 heterocycles. The molecule has 0 fully saturated rings. The molecule has 3 aromatic rings. The number of nitrogen functional groups attached to an aromatic ring is 1. The third-order valence-corrected chi connectivity index (χ3v) is 3.07. The van der Waals surface area contributed by atoms with Gasteiger partial charge in [-0.15, -0.1) is 10.2 Å². The number of hydrazone groups is 1. The molecule has 20 heavy (non-hydrogen) atoms. The minimum absolute atomic E-state index is 0.415. The zero-order chi connectivity index (χ0) is 13.9. The molecule has 7 nitrogen and oxygen atoms in total. The second-order valence-electron chi connectivity index (χ2n) is 4.32. The van der Waals surface area contributed by atoms with Gasteiger partial charge in [0.25, 0.3) is 5.95 Å². The molecule has 0 aliphatic rings. The fourth-order valence-electron chi connectivity index (χ4n) is 2.00. The number of aromatic nitrogens is 4. The average molecular weight is 269 g/mol. The Morgan fingerprint density at radius 1 is 1.40 bits per heavy atom. The molecule has 0 bridgehead atoms. The molecule has 2 aromatic heterocycles. The van der Waals surface area contributed by atoms with Gasteiger partial charge in [0.2, 0.25) is 0 Å². The van der Waals surface area contributed by atoms with E-state index in [2.05, 4.69) is 25.7 Å². The van der Waals surface area contributed by atoms with E-state index in [0.717, 1.165) is 22.9 Å². The molecular formula is C13H15N7. The Morgan fingerprint density at radius 3 is 3.05 bits per heavy atom. The van der Waals surface area contributed by atoms with Crippen LogP contribution in [-0.2, 0) is 6.42 Å². The predicted molar refractivity (Wildman–Crippen MR) is 79.1 cm³/mol. The number of hydrogen-bond donors (Lipinski definition) is 3. The second-order valence-corrected chi connectivity index (χ2v) is 4.32. The fourth-order valence-corrected chi connectivity index (χ4v) is 2.00. The van der Waals surface area contributed by atoms with E-state index in [0.29, 0.717) is 11.8 Å². The lowest BCUT2D eigenvalue weighted by molar-refractivity contribution is 0.855. The largest absolute Gasteiger partial charge is 0.361 e. The molecule has 0 unspecified atom stereocenters. The van der Waals surface area contributed by atoms with Crippen LogP contribution in [0.3, 0.4) is 0 Å². The number of nitrogens with two attached hydrogens (primary N) is 1. The van der Waals surface area contributed by atoms with E-state index in [1.54, 1.807) is 6.21 Å². The highest BCUT2D eigenvalue weighted by molar-refractivity contribution is 5.99. The Hall–Kier alpha value is -2.83. The number of para-hydroxylation sites is 1. The van der Waals surface area contributed by atoms with Crippen LogP contribution in [0.1, 0.15) is 18.3 Å². The molecule has 1 aromatic carbocycles. The first kappa shape index (κ1) is 12.2. The monoisotopic (exact) mass is 269 g/mol. The molecule has 4 N–H and O–H groups in total. The maximum absolute atomic E-state index is 5.81. The van der Waals surface area contributed by atoms with Crippen molar-refractivity contribution in [1.82, 2.24) is 19.9 Å². The first-order valence-electron chi connectivity index (χ1n) is 6.34. The van der Waals surface area contributed by atoms with Crippen LogP contribution in [0.15, 0.2) is 35.6 Å². The van der Waals surface area contributed by atoms with Gasteiger partial charge >= 0.3 is 0 Å². The standard InChI is InChI=1S/C13H15N7/c1-2-12-17-19-13(20(12)14)18-16-8-9-7-15-11-6-4-3-5-10(9)11/h3-8,15H,2,14H2,1H3,(H,18,19)/b16-8-. The van der Waals surface area contributed by atoms with Crippen LogP contribution in [0.25, 0.3) is 10.9 Å². The lowest BCUT2D eigenvalue weighted by Crippen LogP contribution is -2.14. The van der Waals surface area contributed by atoms with Crippen LogP contribution in [0, 0.1) is 0 Å². The number of aryl methyl sites for hydroxylation is 1. The zero-order valence-corrected chi connectivity index (χ0v) is 11.0. The van der Waals surface area contributed by atoms with Crippen molar-refractivity contribution in [3.63, 3.8) is 0 Å². The maximum Gasteiger partial charge on any atom is 0.263 e. The third-order valence-electron chi connectivity index (χ3n) is 3.07. The summed E-state index contributed by atoms with van der Waals surface area (Å²) in [6.45, 7) is 1.96. The summed E-state index contributed by atoms with van der Waals surface area (Å²) in [6.07, 6.45) is 4.34. The van der Waals surface area contributed by atoms with Gasteiger partial charge in [-0.25, -0.2) is 10.1 Å². The number of nitrogens with zero attached hydrogens (tertiary/aromatic N) is 4. The summed E-state index contributed by atoms with van der Waals surface area (Å²) in [4.78, 5) is 3.18. The number of aromatic amines is 1. The van der Waals surface area contributed by atoms with Crippen molar-refractivity contribution in [2.45, 2.75) is 13.3 Å². The SMILES string of the molecule is CCc1nnc(N/N=C\c2c[nH]c3ccccc23)n1N. The van der Waals surface area contributed by atoms with E-state index in [-0.39, 0.29) is 0 Å². The van der Waals surface area contributed by atoms with Gasteiger partial charge in [-0.05, 0) is 6.07 Å². The summed E-state index contributed by atoms with van der Waals surface area (Å²) >= 11 is 0. The first-order chi connectivity index (χ1) is 9.79. The highest BCUT2D eigenvalue weighted by Crippen LogP contribution is 2.15. The Bertz CT molecular complexity index is 753.